The third-order valence-corrected chi connectivity index (χ3v) is 2.32. The quantitative estimate of drug-likeness (QED) is 0.874. The molecule has 0 fully saturated rings. The molecule has 0 aliphatic heterocycles. The Labute approximate surface area is 107 Å². The SMILES string of the molecule is CCCC(N)C(=O)Nc1ccc(C)cc1F.Cl. The Balaban J connectivity index is 0.00000256. The largest absolute Gasteiger partial charge is 0.322 e. The van der Waals surface area contributed by atoms with Crippen molar-refractivity contribution in [3.63, 3.8) is 0 Å². The van der Waals surface area contributed by atoms with E-state index in [0.29, 0.717) is 6.42 Å². The van der Waals surface area contributed by atoms with Crippen molar-refractivity contribution in [1.82, 2.24) is 0 Å². The van der Waals surface area contributed by atoms with Crippen LogP contribution in [0, 0.1) is 12.7 Å². The van der Waals surface area contributed by atoms with Gasteiger partial charge in [0, 0.05) is 0 Å². The molecule has 1 aromatic rings. The summed E-state index contributed by atoms with van der Waals surface area (Å²) in [5.74, 6) is -0.776. The van der Waals surface area contributed by atoms with Gasteiger partial charge in [-0.1, -0.05) is 19.4 Å². The molecule has 1 atom stereocenters. The fraction of sp³-hybridized carbons (Fsp3) is 0.417. The van der Waals surface area contributed by atoms with E-state index in [0.717, 1.165) is 12.0 Å². The average molecular weight is 261 g/mol. The minimum atomic E-state index is -0.578. The highest BCUT2D eigenvalue weighted by molar-refractivity contribution is 5.94. The Morgan fingerprint density at radius 1 is 1.53 bits per heavy atom. The summed E-state index contributed by atoms with van der Waals surface area (Å²) >= 11 is 0. The van der Waals surface area contributed by atoms with Gasteiger partial charge in [-0.15, -0.1) is 12.4 Å². The molecule has 96 valence electrons. The molecule has 5 heteroatoms. The Hall–Kier alpha value is -1.13. The topological polar surface area (TPSA) is 55.1 Å². The number of hydrogen-bond donors (Lipinski definition) is 2. The van der Waals surface area contributed by atoms with Crippen LogP contribution in [0.25, 0.3) is 0 Å². The van der Waals surface area contributed by atoms with Gasteiger partial charge in [-0.25, -0.2) is 4.39 Å². The van der Waals surface area contributed by atoms with E-state index in [1.54, 1.807) is 19.1 Å². The van der Waals surface area contributed by atoms with Gasteiger partial charge in [0.15, 0.2) is 0 Å². The molecule has 17 heavy (non-hydrogen) atoms. The lowest BCUT2D eigenvalue weighted by atomic mass is 10.1. The maximum absolute atomic E-state index is 13.4. The van der Waals surface area contributed by atoms with Crippen molar-refractivity contribution in [2.75, 3.05) is 5.32 Å². The van der Waals surface area contributed by atoms with Gasteiger partial charge in [0.1, 0.15) is 5.82 Å². The summed E-state index contributed by atoms with van der Waals surface area (Å²) in [6, 6.07) is 4.08. The lowest BCUT2D eigenvalue weighted by molar-refractivity contribution is -0.117. The second-order valence-electron chi connectivity index (χ2n) is 3.87. The van der Waals surface area contributed by atoms with Crippen LogP contribution < -0.4 is 11.1 Å². The van der Waals surface area contributed by atoms with Gasteiger partial charge in [-0.05, 0) is 31.0 Å². The number of carbonyl (C=O) groups is 1. The Kier molecular flexibility index (Phi) is 6.76. The van der Waals surface area contributed by atoms with E-state index in [1.807, 2.05) is 6.92 Å². The summed E-state index contributed by atoms with van der Waals surface area (Å²) in [6.45, 7) is 3.73. The summed E-state index contributed by atoms with van der Waals surface area (Å²) in [5, 5.41) is 2.48. The zero-order valence-corrected chi connectivity index (χ0v) is 10.8. The number of aryl methyl sites for hydroxylation is 1. The number of amides is 1. The van der Waals surface area contributed by atoms with Crippen molar-refractivity contribution in [2.24, 2.45) is 5.73 Å². The number of hydrogen-bond acceptors (Lipinski definition) is 2. The van der Waals surface area contributed by atoms with E-state index in [-0.39, 0.29) is 24.0 Å². The predicted octanol–water partition coefficient (Wildman–Crippen LogP) is 2.62. The standard InChI is InChI=1S/C12H17FN2O.ClH/c1-3-4-10(14)12(16)15-11-6-5-8(2)7-9(11)13;/h5-7,10H,3-4,14H2,1-2H3,(H,15,16);1H. The Morgan fingerprint density at radius 2 is 2.18 bits per heavy atom. The third-order valence-electron chi connectivity index (χ3n) is 2.32. The van der Waals surface area contributed by atoms with Crippen molar-refractivity contribution < 1.29 is 9.18 Å². The summed E-state index contributed by atoms with van der Waals surface area (Å²) in [7, 11) is 0. The molecule has 3 nitrogen and oxygen atoms in total. The number of halogens is 2. The molecule has 0 saturated heterocycles. The van der Waals surface area contributed by atoms with E-state index in [4.69, 9.17) is 5.73 Å². The highest BCUT2D eigenvalue weighted by atomic mass is 35.5. The molecule has 0 saturated carbocycles. The minimum absolute atomic E-state index is 0. The van der Waals surface area contributed by atoms with Crippen LogP contribution in [-0.2, 0) is 4.79 Å². The molecule has 1 unspecified atom stereocenters. The molecule has 0 aromatic heterocycles. The molecule has 1 rings (SSSR count). The molecule has 1 amide bonds. The Bertz CT molecular complexity index is 385. The van der Waals surface area contributed by atoms with Crippen molar-refractivity contribution in [1.29, 1.82) is 0 Å². The first-order valence-electron chi connectivity index (χ1n) is 5.37. The average Bonchev–Trinajstić information content (AvgIpc) is 2.22. The number of benzene rings is 1. The summed E-state index contributed by atoms with van der Waals surface area (Å²) in [4.78, 5) is 11.5. The summed E-state index contributed by atoms with van der Waals surface area (Å²) in [6.07, 6.45) is 1.42. The van der Waals surface area contributed by atoms with Crippen LogP contribution in [0.2, 0.25) is 0 Å². The number of anilines is 1. The zero-order chi connectivity index (χ0) is 12.1. The molecule has 0 bridgehead atoms. The molecular weight excluding hydrogens is 243 g/mol. The van der Waals surface area contributed by atoms with Gasteiger partial charge in [0.2, 0.25) is 5.91 Å². The van der Waals surface area contributed by atoms with Crippen LogP contribution in [0.5, 0.6) is 0 Å². The van der Waals surface area contributed by atoms with Crippen LogP contribution in [0.15, 0.2) is 18.2 Å². The first-order valence-corrected chi connectivity index (χ1v) is 5.37. The molecular formula is C12H18ClFN2O. The maximum atomic E-state index is 13.4. The first kappa shape index (κ1) is 15.9. The van der Waals surface area contributed by atoms with Gasteiger partial charge < -0.3 is 11.1 Å². The lowest BCUT2D eigenvalue weighted by Gasteiger charge is -2.11. The molecule has 0 spiro atoms. The van der Waals surface area contributed by atoms with Crippen LogP contribution >= 0.6 is 12.4 Å². The second-order valence-corrected chi connectivity index (χ2v) is 3.87. The van der Waals surface area contributed by atoms with Crippen LogP contribution in [0.3, 0.4) is 0 Å². The van der Waals surface area contributed by atoms with Crippen LogP contribution in [0.4, 0.5) is 10.1 Å². The van der Waals surface area contributed by atoms with E-state index in [9.17, 15) is 9.18 Å². The van der Waals surface area contributed by atoms with Crippen LogP contribution in [0.1, 0.15) is 25.3 Å². The number of nitrogens with two attached hydrogens (primary N) is 1. The van der Waals surface area contributed by atoms with Gasteiger partial charge in [-0.3, -0.25) is 4.79 Å². The number of carbonyl (C=O) groups excluding carboxylic acids is 1. The van der Waals surface area contributed by atoms with Gasteiger partial charge >= 0.3 is 0 Å². The van der Waals surface area contributed by atoms with E-state index in [2.05, 4.69) is 5.32 Å². The molecule has 0 aliphatic carbocycles. The van der Waals surface area contributed by atoms with Crippen molar-refractivity contribution >= 4 is 24.0 Å². The molecule has 0 aliphatic rings. The maximum Gasteiger partial charge on any atom is 0.241 e. The van der Waals surface area contributed by atoms with E-state index in [1.165, 1.54) is 6.07 Å². The lowest BCUT2D eigenvalue weighted by Crippen LogP contribution is -2.35. The monoisotopic (exact) mass is 260 g/mol. The van der Waals surface area contributed by atoms with Crippen molar-refractivity contribution in [3.05, 3.63) is 29.6 Å². The molecule has 1 aromatic carbocycles. The minimum Gasteiger partial charge on any atom is -0.322 e. The van der Waals surface area contributed by atoms with E-state index < -0.39 is 11.9 Å². The van der Waals surface area contributed by atoms with Crippen molar-refractivity contribution in [3.8, 4) is 0 Å². The molecule has 3 N–H and O–H groups in total. The first-order chi connectivity index (χ1) is 7.54. The highest BCUT2D eigenvalue weighted by Gasteiger charge is 2.13. The van der Waals surface area contributed by atoms with Gasteiger partial charge in [0.25, 0.3) is 0 Å². The van der Waals surface area contributed by atoms with Crippen LogP contribution in [-0.4, -0.2) is 11.9 Å². The van der Waals surface area contributed by atoms with Gasteiger partial charge in [-0.2, -0.15) is 0 Å². The van der Waals surface area contributed by atoms with Gasteiger partial charge in [0.05, 0.1) is 11.7 Å². The van der Waals surface area contributed by atoms with E-state index >= 15 is 0 Å². The zero-order valence-electron chi connectivity index (χ0n) is 10.00. The number of rotatable bonds is 4. The fourth-order valence-electron chi connectivity index (χ4n) is 1.39. The second kappa shape index (κ2) is 7.25. The normalized spacial score (nSPS) is 11.5. The number of nitrogens with one attached hydrogen (secondary N) is 1. The fourth-order valence-corrected chi connectivity index (χ4v) is 1.39. The highest BCUT2D eigenvalue weighted by Crippen LogP contribution is 2.15. The molecule has 0 heterocycles. The third kappa shape index (κ3) is 4.71. The molecule has 0 radical (unpaired) electrons. The Morgan fingerprint density at radius 3 is 2.71 bits per heavy atom. The summed E-state index contributed by atoms with van der Waals surface area (Å²) < 4.78 is 13.4. The predicted molar refractivity (Wildman–Crippen MR) is 69.9 cm³/mol. The smallest absolute Gasteiger partial charge is 0.241 e. The van der Waals surface area contributed by atoms with Crippen molar-refractivity contribution in [2.45, 2.75) is 32.7 Å². The summed E-state index contributed by atoms with van der Waals surface area (Å²) in [5.41, 5.74) is 6.62.